The van der Waals surface area contributed by atoms with Gasteiger partial charge in [-0.25, -0.2) is 0 Å². The van der Waals surface area contributed by atoms with Gasteiger partial charge in [0, 0.05) is 12.1 Å². The Balaban J connectivity index is 3.55. The van der Waals surface area contributed by atoms with Crippen LogP contribution in [0.25, 0.3) is 0 Å². The van der Waals surface area contributed by atoms with E-state index in [4.69, 9.17) is 11.5 Å². The highest BCUT2D eigenvalue weighted by Gasteiger charge is 2.27. The quantitative estimate of drug-likeness (QED) is 0.425. The van der Waals surface area contributed by atoms with Gasteiger partial charge in [-0.2, -0.15) is 0 Å². The molecule has 9 nitrogen and oxygen atoms in total. The van der Waals surface area contributed by atoms with Gasteiger partial charge in [0.25, 0.3) is 5.91 Å². The van der Waals surface area contributed by atoms with Gasteiger partial charge in [-0.05, 0) is 0 Å². The molecule has 4 N–H and O–H groups in total. The number of amides is 1. The molecule has 0 aromatic heterocycles. The molecule has 16 heavy (non-hydrogen) atoms. The molecule has 0 aliphatic heterocycles. The molecule has 84 valence electrons. The van der Waals surface area contributed by atoms with E-state index in [0.717, 1.165) is 6.07 Å². The van der Waals surface area contributed by atoms with E-state index in [1.165, 1.54) is 0 Å². The second-order valence-electron chi connectivity index (χ2n) is 2.81. The van der Waals surface area contributed by atoms with Crippen molar-refractivity contribution in [2.24, 2.45) is 5.73 Å². The lowest BCUT2D eigenvalue weighted by Crippen LogP contribution is -2.14. The van der Waals surface area contributed by atoms with Crippen LogP contribution in [0.5, 0.6) is 0 Å². The molecule has 0 aliphatic carbocycles. The molecule has 0 heterocycles. The summed E-state index contributed by atoms with van der Waals surface area (Å²) in [5.41, 5.74) is 7.99. The molecule has 0 spiro atoms. The number of rotatable bonds is 3. The van der Waals surface area contributed by atoms with Crippen molar-refractivity contribution >= 4 is 23.0 Å². The number of primary amides is 1. The van der Waals surface area contributed by atoms with Crippen molar-refractivity contribution < 1.29 is 14.6 Å². The van der Waals surface area contributed by atoms with E-state index >= 15 is 0 Å². The summed E-state index contributed by atoms with van der Waals surface area (Å²) in [6.07, 6.45) is 0. The fraction of sp³-hybridized carbons (Fsp3) is 0. The Morgan fingerprint density at radius 2 is 1.56 bits per heavy atom. The number of carbonyl (C=O) groups excluding carboxylic acids is 1. The lowest BCUT2D eigenvalue weighted by Gasteiger charge is -2.01. The predicted molar refractivity (Wildman–Crippen MR) is 52.7 cm³/mol. The van der Waals surface area contributed by atoms with Gasteiger partial charge < -0.3 is 11.5 Å². The summed E-state index contributed by atoms with van der Waals surface area (Å²) in [6, 6.07) is 1.42. The molecule has 0 bridgehead atoms. The lowest BCUT2D eigenvalue weighted by molar-refractivity contribution is -0.422. The summed E-state index contributed by atoms with van der Waals surface area (Å²) in [6.45, 7) is 0. The van der Waals surface area contributed by atoms with Crippen LogP contribution in [0.2, 0.25) is 0 Å². The summed E-state index contributed by atoms with van der Waals surface area (Å²) < 4.78 is 0. The van der Waals surface area contributed by atoms with E-state index in [0.29, 0.717) is 6.07 Å². The van der Waals surface area contributed by atoms with E-state index < -0.39 is 27.1 Å². The molecule has 0 aliphatic rings. The Morgan fingerprint density at radius 3 is 1.94 bits per heavy atom. The van der Waals surface area contributed by atoms with Crippen LogP contribution < -0.4 is 11.5 Å². The van der Waals surface area contributed by atoms with Crippen LogP contribution in [0.3, 0.4) is 0 Å². The molecule has 0 radical (unpaired) electrons. The van der Waals surface area contributed by atoms with Crippen LogP contribution in [0.4, 0.5) is 17.1 Å². The second kappa shape index (κ2) is 3.81. The molecule has 0 fully saturated rings. The molecule has 0 unspecified atom stereocenters. The number of hydrogen-bond acceptors (Lipinski definition) is 6. The minimum atomic E-state index is -0.990. The minimum absolute atomic E-state index is 0.273. The highest BCUT2D eigenvalue weighted by molar-refractivity contribution is 5.99. The van der Waals surface area contributed by atoms with Crippen LogP contribution in [-0.2, 0) is 0 Å². The SMILES string of the molecule is NC(=O)c1cc([N+](=O)[O-])c([N+](=O)[O-])cc1N. The number of nitro benzene ring substituents is 2. The maximum absolute atomic E-state index is 10.8. The third kappa shape index (κ3) is 1.87. The Hall–Kier alpha value is -2.71. The number of hydrogen-bond donors (Lipinski definition) is 2. The molecular weight excluding hydrogens is 220 g/mol. The number of nitrogens with two attached hydrogens (primary N) is 2. The molecular formula is C7H6N4O5. The molecule has 0 atom stereocenters. The first-order valence-electron chi connectivity index (χ1n) is 3.86. The van der Waals surface area contributed by atoms with Crippen molar-refractivity contribution in [3.8, 4) is 0 Å². The van der Waals surface area contributed by atoms with Gasteiger partial charge in [0.1, 0.15) is 0 Å². The molecule has 0 saturated heterocycles. The van der Waals surface area contributed by atoms with Crippen LogP contribution in [-0.4, -0.2) is 15.8 Å². The highest BCUT2D eigenvalue weighted by Crippen LogP contribution is 2.31. The minimum Gasteiger partial charge on any atom is -0.398 e. The van der Waals surface area contributed by atoms with Crippen LogP contribution in [0, 0.1) is 20.2 Å². The number of nitro groups is 2. The van der Waals surface area contributed by atoms with Crippen LogP contribution >= 0.6 is 0 Å². The molecule has 9 heteroatoms. The summed E-state index contributed by atoms with van der Waals surface area (Å²) in [4.78, 5) is 29.9. The molecule has 1 rings (SSSR count). The van der Waals surface area contributed by atoms with Crippen molar-refractivity contribution in [1.29, 1.82) is 0 Å². The summed E-state index contributed by atoms with van der Waals surface area (Å²) >= 11 is 0. The topological polar surface area (TPSA) is 155 Å². The van der Waals surface area contributed by atoms with Crippen molar-refractivity contribution in [3.05, 3.63) is 37.9 Å². The summed E-state index contributed by atoms with van der Waals surface area (Å²) in [5, 5.41) is 21.0. The Labute approximate surface area is 87.9 Å². The van der Waals surface area contributed by atoms with Gasteiger partial charge in [-0.15, -0.1) is 0 Å². The van der Waals surface area contributed by atoms with Crippen molar-refractivity contribution in [2.75, 3.05) is 5.73 Å². The number of benzene rings is 1. The van der Waals surface area contributed by atoms with E-state index in [-0.39, 0.29) is 11.3 Å². The summed E-state index contributed by atoms with van der Waals surface area (Å²) in [7, 11) is 0. The Morgan fingerprint density at radius 1 is 1.12 bits per heavy atom. The van der Waals surface area contributed by atoms with Crippen molar-refractivity contribution in [1.82, 2.24) is 0 Å². The van der Waals surface area contributed by atoms with Crippen LogP contribution in [0.1, 0.15) is 10.4 Å². The van der Waals surface area contributed by atoms with Crippen molar-refractivity contribution in [2.45, 2.75) is 0 Å². The molecule has 1 aromatic rings. The number of carbonyl (C=O) groups is 1. The molecule has 1 amide bonds. The summed E-state index contributed by atoms with van der Waals surface area (Å²) in [5.74, 6) is -0.990. The smallest absolute Gasteiger partial charge is 0.348 e. The fourth-order valence-electron chi connectivity index (χ4n) is 1.10. The number of nitrogens with zero attached hydrogens (tertiary/aromatic N) is 2. The normalized spacial score (nSPS) is 9.75. The fourth-order valence-corrected chi connectivity index (χ4v) is 1.10. The molecule has 1 aromatic carbocycles. The van der Waals surface area contributed by atoms with E-state index in [9.17, 15) is 25.0 Å². The van der Waals surface area contributed by atoms with Crippen molar-refractivity contribution in [3.63, 3.8) is 0 Å². The predicted octanol–water partition coefficient (Wildman–Crippen LogP) is 0.184. The van der Waals surface area contributed by atoms with Gasteiger partial charge in [0.15, 0.2) is 0 Å². The van der Waals surface area contributed by atoms with E-state index in [1.54, 1.807) is 0 Å². The lowest BCUT2D eigenvalue weighted by atomic mass is 10.1. The third-order valence-electron chi connectivity index (χ3n) is 1.81. The van der Waals surface area contributed by atoms with E-state index in [1.807, 2.05) is 0 Å². The Bertz CT molecular complexity index is 498. The molecule has 0 saturated carbocycles. The van der Waals surface area contributed by atoms with E-state index in [2.05, 4.69) is 0 Å². The third-order valence-corrected chi connectivity index (χ3v) is 1.81. The second-order valence-corrected chi connectivity index (χ2v) is 2.81. The maximum Gasteiger partial charge on any atom is 0.348 e. The van der Waals surface area contributed by atoms with Gasteiger partial charge >= 0.3 is 11.4 Å². The van der Waals surface area contributed by atoms with Gasteiger partial charge in [-0.1, -0.05) is 0 Å². The standard InChI is InChI=1S/C7H6N4O5/c8-4-2-6(11(15)16)5(10(13)14)1-3(4)7(9)12/h1-2H,8H2,(H2,9,12). The monoisotopic (exact) mass is 226 g/mol. The highest BCUT2D eigenvalue weighted by atomic mass is 16.6. The van der Waals surface area contributed by atoms with Crippen LogP contribution in [0.15, 0.2) is 12.1 Å². The zero-order valence-corrected chi connectivity index (χ0v) is 7.75. The van der Waals surface area contributed by atoms with Gasteiger partial charge in [-0.3, -0.25) is 25.0 Å². The average Bonchev–Trinajstić information content (AvgIpc) is 2.15. The first kappa shape index (κ1) is 11.4. The maximum atomic E-state index is 10.8. The zero-order valence-electron chi connectivity index (χ0n) is 7.75. The first-order valence-corrected chi connectivity index (χ1v) is 3.86. The average molecular weight is 226 g/mol. The van der Waals surface area contributed by atoms with Gasteiger partial charge in [0.2, 0.25) is 0 Å². The first-order chi connectivity index (χ1) is 7.34. The Kier molecular flexibility index (Phi) is 2.70. The largest absolute Gasteiger partial charge is 0.398 e. The van der Waals surface area contributed by atoms with Gasteiger partial charge in [0.05, 0.1) is 21.1 Å². The zero-order chi connectivity index (χ0) is 12.5. The number of nitrogen functional groups attached to an aromatic ring is 1. The number of anilines is 1.